The lowest BCUT2D eigenvalue weighted by molar-refractivity contribution is 0.0929. The zero-order chi connectivity index (χ0) is 11.9. The van der Waals surface area contributed by atoms with E-state index in [-0.39, 0.29) is 12.4 Å². The first-order valence-electron chi connectivity index (χ1n) is 7.30. The largest absolute Gasteiger partial charge is 0.316 e. The molecular weight excluding hydrogens is 246 g/mol. The SMILES string of the molecule is CN1CCC2CCN(CC3(C)CCNC3)C2C1.Cl. The molecule has 0 aromatic carbocycles. The van der Waals surface area contributed by atoms with Crippen molar-refractivity contribution in [3.05, 3.63) is 0 Å². The molecule has 0 aliphatic carbocycles. The van der Waals surface area contributed by atoms with Crippen molar-refractivity contribution in [2.45, 2.75) is 32.2 Å². The molecule has 1 N–H and O–H groups in total. The van der Waals surface area contributed by atoms with Gasteiger partial charge in [-0.1, -0.05) is 6.92 Å². The summed E-state index contributed by atoms with van der Waals surface area (Å²) in [6, 6.07) is 0.853. The zero-order valence-electron chi connectivity index (χ0n) is 11.8. The molecule has 3 unspecified atom stereocenters. The fraction of sp³-hybridized carbons (Fsp3) is 1.00. The molecule has 3 saturated heterocycles. The van der Waals surface area contributed by atoms with Crippen LogP contribution in [0.2, 0.25) is 0 Å². The first-order valence-corrected chi connectivity index (χ1v) is 7.30. The number of nitrogens with zero attached hydrogens (tertiary/aromatic N) is 2. The van der Waals surface area contributed by atoms with Gasteiger partial charge in [0.1, 0.15) is 0 Å². The van der Waals surface area contributed by atoms with E-state index in [1.54, 1.807) is 0 Å². The first kappa shape index (κ1) is 14.6. The standard InChI is InChI=1S/C14H27N3.ClH/c1-14(5-6-15-10-14)11-17-8-4-12-3-7-16(2)9-13(12)17;/h12-13,15H,3-11H2,1-2H3;1H. The highest BCUT2D eigenvalue weighted by Crippen LogP contribution is 2.35. The number of likely N-dealkylation sites (N-methyl/N-ethyl adjacent to an activating group) is 1. The summed E-state index contributed by atoms with van der Waals surface area (Å²) in [7, 11) is 2.28. The van der Waals surface area contributed by atoms with Gasteiger partial charge in [0.2, 0.25) is 0 Å². The van der Waals surface area contributed by atoms with E-state index in [1.165, 1.54) is 58.5 Å². The van der Waals surface area contributed by atoms with Gasteiger partial charge in [-0.25, -0.2) is 0 Å². The quantitative estimate of drug-likeness (QED) is 0.821. The molecular formula is C14H28ClN3. The topological polar surface area (TPSA) is 18.5 Å². The van der Waals surface area contributed by atoms with Gasteiger partial charge in [0.05, 0.1) is 0 Å². The van der Waals surface area contributed by atoms with Crippen molar-refractivity contribution in [2.75, 3.05) is 46.3 Å². The van der Waals surface area contributed by atoms with Crippen LogP contribution < -0.4 is 5.32 Å². The molecule has 3 fully saturated rings. The number of hydrogen-bond donors (Lipinski definition) is 1. The molecule has 0 aromatic heterocycles. The fourth-order valence-corrected chi connectivity index (χ4v) is 4.08. The van der Waals surface area contributed by atoms with Crippen molar-refractivity contribution in [1.29, 1.82) is 0 Å². The number of fused-ring (bicyclic) bond motifs is 1. The molecule has 3 atom stereocenters. The van der Waals surface area contributed by atoms with Gasteiger partial charge in [-0.05, 0) is 57.3 Å². The van der Waals surface area contributed by atoms with Crippen LogP contribution >= 0.6 is 12.4 Å². The van der Waals surface area contributed by atoms with Crippen LogP contribution in [0.3, 0.4) is 0 Å². The second-order valence-electron chi connectivity index (χ2n) is 6.87. The van der Waals surface area contributed by atoms with Crippen molar-refractivity contribution in [3.8, 4) is 0 Å². The minimum Gasteiger partial charge on any atom is -0.316 e. The second kappa shape index (κ2) is 5.66. The Morgan fingerprint density at radius 3 is 2.78 bits per heavy atom. The molecule has 0 saturated carbocycles. The summed E-state index contributed by atoms with van der Waals surface area (Å²) < 4.78 is 0. The monoisotopic (exact) mass is 273 g/mol. The Morgan fingerprint density at radius 2 is 2.06 bits per heavy atom. The highest BCUT2D eigenvalue weighted by atomic mass is 35.5. The zero-order valence-corrected chi connectivity index (χ0v) is 12.6. The van der Waals surface area contributed by atoms with Gasteiger partial charge in [-0.3, -0.25) is 4.90 Å². The third-order valence-electron chi connectivity index (χ3n) is 5.22. The molecule has 0 aromatic rings. The van der Waals surface area contributed by atoms with Crippen molar-refractivity contribution in [2.24, 2.45) is 11.3 Å². The maximum absolute atomic E-state index is 3.53. The van der Waals surface area contributed by atoms with Crippen molar-refractivity contribution in [3.63, 3.8) is 0 Å². The summed E-state index contributed by atoms with van der Waals surface area (Å²) in [5, 5.41) is 3.53. The number of likely N-dealkylation sites (tertiary alicyclic amines) is 2. The molecule has 3 heterocycles. The Bertz CT molecular complexity index is 278. The lowest BCUT2D eigenvalue weighted by Gasteiger charge is -2.39. The maximum atomic E-state index is 3.53. The molecule has 4 heteroatoms. The van der Waals surface area contributed by atoms with Gasteiger partial charge >= 0.3 is 0 Å². The number of nitrogens with one attached hydrogen (secondary N) is 1. The Kier molecular flexibility index (Phi) is 4.58. The molecule has 0 bridgehead atoms. The van der Waals surface area contributed by atoms with Crippen LogP contribution in [0.15, 0.2) is 0 Å². The average Bonchev–Trinajstić information content (AvgIpc) is 2.87. The van der Waals surface area contributed by atoms with Gasteiger partial charge in [0.15, 0.2) is 0 Å². The first-order chi connectivity index (χ1) is 8.16. The normalized spacial score (nSPS) is 41.7. The van der Waals surface area contributed by atoms with E-state index < -0.39 is 0 Å². The Morgan fingerprint density at radius 1 is 1.28 bits per heavy atom. The van der Waals surface area contributed by atoms with Crippen LogP contribution in [0.25, 0.3) is 0 Å². The van der Waals surface area contributed by atoms with Gasteiger partial charge in [0, 0.05) is 25.7 Å². The maximum Gasteiger partial charge on any atom is 0.0252 e. The van der Waals surface area contributed by atoms with E-state index in [0.717, 1.165) is 12.0 Å². The number of halogens is 1. The van der Waals surface area contributed by atoms with E-state index in [2.05, 4.69) is 29.1 Å². The van der Waals surface area contributed by atoms with E-state index >= 15 is 0 Å². The lowest BCUT2D eigenvalue weighted by atomic mass is 9.87. The minimum absolute atomic E-state index is 0. The average molecular weight is 274 g/mol. The lowest BCUT2D eigenvalue weighted by Crippen LogP contribution is -2.49. The molecule has 0 amide bonds. The van der Waals surface area contributed by atoms with Crippen LogP contribution in [0.4, 0.5) is 0 Å². The van der Waals surface area contributed by atoms with Gasteiger partial charge < -0.3 is 10.2 Å². The van der Waals surface area contributed by atoms with Gasteiger partial charge in [-0.2, -0.15) is 0 Å². The Balaban J connectivity index is 0.00000120. The van der Waals surface area contributed by atoms with E-state index in [9.17, 15) is 0 Å². The van der Waals surface area contributed by atoms with E-state index in [4.69, 9.17) is 0 Å². The highest BCUT2D eigenvalue weighted by Gasteiger charge is 2.40. The second-order valence-corrected chi connectivity index (χ2v) is 6.87. The summed E-state index contributed by atoms with van der Waals surface area (Å²) in [5.41, 5.74) is 0.533. The Labute approximate surface area is 118 Å². The summed E-state index contributed by atoms with van der Waals surface area (Å²) in [5.74, 6) is 0.990. The molecule has 3 rings (SSSR count). The molecule has 18 heavy (non-hydrogen) atoms. The third kappa shape index (κ3) is 2.84. The predicted octanol–water partition coefficient (Wildman–Crippen LogP) is 1.43. The smallest absolute Gasteiger partial charge is 0.0252 e. The van der Waals surface area contributed by atoms with Crippen LogP contribution in [0.1, 0.15) is 26.2 Å². The van der Waals surface area contributed by atoms with Crippen LogP contribution in [-0.4, -0.2) is 62.2 Å². The molecule has 3 aliphatic rings. The number of piperidine rings is 1. The van der Waals surface area contributed by atoms with Crippen molar-refractivity contribution in [1.82, 2.24) is 15.1 Å². The highest BCUT2D eigenvalue weighted by molar-refractivity contribution is 5.85. The van der Waals surface area contributed by atoms with Crippen LogP contribution in [0, 0.1) is 11.3 Å². The van der Waals surface area contributed by atoms with Crippen molar-refractivity contribution < 1.29 is 0 Å². The molecule has 3 aliphatic heterocycles. The number of hydrogen-bond acceptors (Lipinski definition) is 3. The van der Waals surface area contributed by atoms with E-state index in [0.29, 0.717) is 5.41 Å². The van der Waals surface area contributed by atoms with E-state index in [1.807, 2.05) is 0 Å². The predicted molar refractivity (Wildman–Crippen MR) is 78.4 cm³/mol. The van der Waals surface area contributed by atoms with Gasteiger partial charge in [-0.15, -0.1) is 12.4 Å². The summed E-state index contributed by atoms with van der Waals surface area (Å²) in [4.78, 5) is 5.32. The summed E-state index contributed by atoms with van der Waals surface area (Å²) in [6.07, 6.45) is 4.23. The minimum atomic E-state index is 0. The molecule has 0 spiro atoms. The summed E-state index contributed by atoms with van der Waals surface area (Å²) >= 11 is 0. The molecule has 106 valence electrons. The third-order valence-corrected chi connectivity index (χ3v) is 5.22. The fourth-order valence-electron chi connectivity index (χ4n) is 4.08. The van der Waals surface area contributed by atoms with Crippen LogP contribution in [-0.2, 0) is 0 Å². The number of rotatable bonds is 2. The Hall–Kier alpha value is 0.170. The molecule has 3 nitrogen and oxygen atoms in total. The van der Waals surface area contributed by atoms with Crippen LogP contribution in [0.5, 0.6) is 0 Å². The van der Waals surface area contributed by atoms with Crippen molar-refractivity contribution >= 4 is 12.4 Å². The summed E-state index contributed by atoms with van der Waals surface area (Å²) in [6.45, 7) is 10.2. The van der Waals surface area contributed by atoms with Gasteiger partial charge in [0.25, 0.3) is 0 Å². The molecule has 0 radical (unpaired) electrons.